The van der Waals surface area contributed by atoms with E-state index in [1.165, 1.54) is 17.5 Å². The summed E-state index contributed by atoms with van der Waals surface area (Å²) in [7, 11) is 0. The van der Waals surface area contributed by atoms with Crippen LogP contribution in [0.4, 0.5) is 0 Å². The first-order chi connectivity index (χ1) is 7.15. The van der Waals surface area contributed by atoms with Crippen LogP contribution in [0.5, 0.6) is 5.75 Å². The summed E-state index contributed by atoms with van der Waals surface area (Å²) in [5.74, 6) is 1.02. The van der Waals surface area contributed by atoms with Crippen LogP contribution in [-0.2, 0) is 12.8 Å². The largest absolute Gasteiger partial charge is 0.491 e. The van der Waals surface area contributed by atoms with Crippen LogP contribution in [0.15, 0.2) is 18.2 Å². The lowest BCUT2D eigenvalue weighted by atomic mass is 10.0. The van der Waals surface area contributed by atoms with Crippen molar-refractivity contribution in [2.45, 2.75) is 53.1 Å². The summed E-state index contributed by atoms with van der Waals surface area (Å²) in [6.07, 6.45) is 3.66. The van der Waals surface area contributed by atoms with Crippen LogP contribution in [0, 0.1) is 0 Å². The van der Waals surface area contributed by atoms with Crippen molar-refractivity contribution < 1.29 is 4.74 Å². The van der Waals surface area contributed by atoms with Gasteiger partial charge >= 0.3 is 0 Å². The monoisotopic (exact) mass is 206 g/mol. The van der Waals surface area contributed by atoms with Crippen molar-refractivity contribution in [2.75, 3.05) is 0 Å². The van der Waals surface area contributed by atoms with E-state index in [-0.39, 0.29) is 6.10 Å². The van der Waals surface area contributed by atoms with Gasteiger partial charge in [-0.15, -0.1) is 0 Å². The second-order valence-electron chi connectivity index (χ2n) is 4.26. The standard InChI is InChI=1S/C14H22O/c1-5-7-13-8-12(6-2)9-14(10-13)15-11(3)4/h8-11H,5-7H2,1-4H3. The van der Waals surface area contributed by atoms with Crippen LogP contribution < -0.4 is 4.74 Å². The van der Waals surface area contributed by atoms with Gasteiger partial charge in [0.05, 0.1) is 6.10 Å². The molecular weight excluding hydrogens is 184 g/mol. The second-order valence-corrected chi connectivity index (χ2v) is 4.26. The fraction of sp³-hybridized carbons (Fsp3) is 0.571. The maximum Gasteiger partial charge on any atom is 0.120 e. The Hall–Kier alpha value is -0.980. The molecule has 1 aromatic carbocycles. The number of hydrogen-bond acceptors (Lipinski definition) is 1. The quantitative estimate of drug-likeness (QED) is 0.708. The Bertz CT molecular complexity index is 302. The van der Waals surface area contributed by atoms with Crippen LogP contribution in [-0.4, -0.2) is 6.10 Å². The number of ether oxygens (including phenoxy) is 1. The van der Waals surface area contributed by atoms with Crippen LogP contribution in [0.1, 0.15) is 45.2 Å². The molecule has 0 spiro atoms. The fourth-order valence-electron chi connectivity index (χ4n) is 1.71. The molecule has 1 heteroatoms. The van der Waals surface area contributed by atoms with Gasteiger partial charge in [0.25, 0.3) is 0 Å². The van der Waals surface area contributed by atoms with Crippen molar-refractivity contribution in [1.82, 2.24) is 0 Å². The number of rotatable bonds is 5. The Morgan fingerprint density at radius 2 is 1.73 bits per heavy atom. The minimum Gasteiger partial charge on any atom is -0.491 e. The Kier molecular flexibility index (Phi) is 4.67. The highest BCUT2D eigenvalue weighted by Crippen LogP contribution is 2.20. The van der Waals surface area contributed by atoms with Gasteiger partial charge in [0.15, 0.2) is 0 Å². The average molecular weight is 206 g/mol. The molecule has 1 nitrogen and oxygen atoms in total. The van der Waals surface area contributed by atoms with E-state index >= 15 is 0 Å². The topological polar surface area (TPSA) is 9.23 Å². The lowest BCUT2D eigenvalue weighted by Gasteiger charge is -2.12. The molecule has 0 saturated carbocycles. The van der Waals surface area contributed by atoms with Crippen molar-refractivity contribution >= 4 is 0 Å². The zero-order valence-corrected chi connectivity index (χ0v) is 10.3. The predicted octanol–water partition coefficient (Wildman–Crippen LogP) is 3.99. The van der Waals surface area contributed by atoms with Gasteiger partial charge in [-0.05, 0) is 49.9 Å². The minimum absolute atomic E-state index is 0.256. The highest BCUT2D eigenvalue weighted by atomic mass is 16.5. The summed E-state index contributed by atoms with van der Waals surface area (Å²) in [5.41, 5.74) is 2.77. The zero-order valence-electron chi connectivity index (χ0n) is 10.3. The maximum absolute atomic E-state index is 5.74. The normalized spacial score (nSPS) is 10.7. The highest BCUT2D eigenvalue weighted by molar-refractivity contribution is 5.34. The van der Waals surface area contributed by atoms with E-state index in [1.807, 2.05) is 0 Å². The SMILES string of the molecule is CCCc1cc(CC)cc(OC(C)C)c1. The van der Waals surface area contributed by atoms with Crippen LogP contribution >= 0.6 is 0 Å². The first-order valence-electron chi connectivity index (χ1n) is 5.95. The lowest BCUT2D eigenvalue weighted by molar-refractivity contribution is 0.242. The second kappa shape index (κ2) is 5.79. The third-order valence-corrected chi connectivity index (χ3v) is 2.34. The van der Waals surface area contributed by atoms with Crippen LogP contribution in [0.3, 0.4) is 0 Å². The molecule has 0 bridgehead atoms. The third kappa shape index (κ3) is 3.94. The van der Waals surface area contributed by atoms with Crippen molar-refractivity contribution in [2.24, 2.45) is 0 Å². The summed E-state index contributed by atoms with van der Waals surface area (Å²) in [5, 5.41) is 0. The van der Waals surface area contributed by atoms with Crippen LogP contribution in [0.25, 0.3) is 0 Å². The van der Waals surface area contributed by atoms with E-state index in [9.17, 15) is 0 Å². The smallest absolute Gasteiger partial charge is 0.120 e. The van der Waals surface area contributed by atoms with Gasteiger partial charge in [-0.25, -0.2) is 0 Å². The summed E-state index contributed by atoms with van der Waals surface area (Å²) in [6, 6.07) is 6.61. The Morgan fingerprint density at radius 3 is 2.27 bits per heavy atom. The molecule has 0 saturated heterocycles. The van der Waals surface area contributed by atoms with Crippen molar-refractivity contribution in [3.05, 3.63) is 29.3 Å². The number of hydrogen-bond donors (Lipinski definition) is 0. The number of aryl methyl sites for hydroxylation is 2. The molecule has 0 heterocycles. The molecule has 0 atom stereocenters. The van der Waals surface area contributed by atoms with E-state index in [4.69, 9.17) is 4.74 Å². The summed E-state index contributed by atoms with van der Waals surface area (Å²) < 4.78 is 5.74. The first kappa shape index (κ1) is 12.1. The van der Waals surface area contributed by atoms with E-state index < -0.39 is 0 Å². The Balaban J connectivity index is 2.89. The Labute approximate surface area is 93.5 Å². The molecule has 0 fully saturated rings. The molecule has 0 amide bonds. The minimum atomic E-state index is 0.256. The molecule has 0 aliphatic carbocycles. The molecule has 0 aliphatic heterocycles. The molecule has 0 aliphatic rings. The van der Waals surface area contributed by atoms with Gasteiger partial charge in [0.2, 0.25) is 0 Å². The molecular formula is C14H22O. The van der Waals surface area contributed by atoms with E-state index in [2.05, 4.69) is 45.9 Å². The predicted molar refractivity (Wildman–Crippen MR) is 65.6 cm³/mol. The number of benzene rings is 1. The molecule has 15 heavy (non-hydrogen) atoms. The van der Waals surface area contributed by atoms with Crippen molar-refractivity contribution in [1.29, 1.82) is 0 Å². The summed E-state index contributed by atoms with van der Waals surface area (Å²) >= 11 is 0. The summed E-state index contributed by atoms with van der Waals surface area (Å²) in [4.78, 5) is 0. The molecule has 1 rings (SSSR count). The molecule has 0 unspecified atom stereocenters. The fourth-order valence-corrected chi connectivity index (χ4v) is 1.71. The Morgan fingerprint density at radius 1 is 1.07 bits per heavy atom. The van der Waals surface area contributed by atoms with Gasteiger partial charge < -0.3 is 4.74 Å². The summed E-state index contributed by atoms with van der Waals surface area (Å²) in [6.45, 7) is 8.53. The first-order valence-corrected chi connectivity index (χ1v) is 5.95. The van der Waals surface area contributed by atoms with E-state index in [1.54, 1.807) is 0 Å². The zero-order chi connectivity index (χ0) is 11.3. The van der Waals surface area contributed by atoms with Gasteiger partial charge in [0.1, 0.15) is 5.75 Å². The lowest BCUT2D eigenvalue weighted by Crippen LogP contribution is -2.06. The van der Waals surface area contributed by atoms with Gasteiger partial charge in [-0.3, -0.25) is 0 Å². The average Bonchev–Trinajstić information content (AvgIpc) is 2.16. The van der Waals surface area contributed by atoms with Crippen molar-refractivity contribution in [3.8, 4) is 5.75 Å². The molecule has 0 N–H and O–H groups in total. The highest BCUT2D eigenvalue weighted by Gasteiger charge is 2.02. The molecule has 0 aromatic heterocycles. The van der Waals surface area contributed by atoms with Crippen LogP contribution in [0.2, 0.25) is 0 Å². The van der Waals surface area contributed by atoms with Crippen molar-refractivity contribution in [3.63, 3.8) is 0 Å². The van der Waals surface area contributed by atoms with E-state index in [0.717, 1.165) is 18.6 Å². The van der Waals surface area contributed by atoms with E-state index in [0.29, 0.717) is 0 Å². The molecule has 0 radical (unpaired) electrons. The molecule has 1 aromatic rings. The van der Waals surface area contributed by atoms with Gasteiger partial charge in [-0.1, -0.05) is 26.3 Å². The van der Waals surface area contributed by atoms with Gasteiger partial charge in [0, 0.05) is 0 Å². The maximum atomic E-state index is 5.74. The van der Waals surface area contributed by atoms with Gasteiger partial charge in [-0.2, -0.15) is 0 Å². The third-order valence-electron chi connectivity index (χ3n) is 2.34. The molecule has 84 valence electrons.